The van der Waals surface area contributed by atoms with Crippen LogP contribution in [0.4, 0.5) is 0 Å². The molecule has 0 fully saturated rings. The molecule has 84 valence electrons. The molecule has 1 heterocycles. The Kier molecular flexibility index (Phi) is 3.22. The minimum absolute atomic E-state index is 0.434. The Bertz CT molecular complexity index is 448. The van der Waals surface area contributed by atoms with E-state index in [4.69, 9.17) is 13.9 Å². The molecule has 0 bridgehead atoms. The topological polar surface area (TPSA) is 44.5 Å². The molecule has 4 nitrogen and oxygen atoms in total. The Morgan fingerprint density at radius 2 is 1.94 bits per heavy atom. The van der Waals surface area contributed by atoms with Gasteiger partial charge in [-0.3, -0.25) is 0 Å². The van der Waals surface area contributed by atoms with E-state index in [2.05, 4.69) is 4.98 Å². The van der Waals surface area contributed by atoms with Gasteiger partial charge in [-0.2, -0.15) is 0 Å². The number of hydrogen-bond acceptors (Lipinski definition) is 4. The van der Waals surface area contributed by atoms with Crippen molar-refractivity contribution in [3.63, 3.8) is 0 Å². The van der Waals surface area contributed by atoms with Crippen LogP contribution in [0.5, 0.6) is 5.75 Å². The summed E-state index contributed by atoms with van der Waals surface area (Å²) in [6.45, 7) is 0.434. The number of rotatable bonds is 4. The van der Waals surface area contributed by atoms with Crippen molar-refractivity contribution in [1.29, 1.82) is 0 Å². The van der Waals surface area contributed by atoms with Crippen LogP contribution in [-0.4, -0.2) is 19.2 Å². The van der Waals surface area contributed by atoms with E-state index in [-0.39, 0.29) is 0 Å². The number of hydrogen-bond donors (Lipinski definition) is 0. The smallest absolute Gasteiger partial charge is 0.226 e. The van der Waals surface area contributed by atoms with Gasteiger partial charge in [-0.25, -0.2) is 4.98 Å². The third kappa shape index (κ3) is 2.23. The number of ether oxygens (including phenoxy) is 2. The van der Waals surface area contributed by atoms with Crippen molar-refractivity contribution in [2.75, 3.05) is 14.2 Å². The Balaban J connectivity index is 2.21. The van der Waals surface area contributed by atoms with Gasteiger partial charge in [0.15, 0.2) is 5.76 Å². The molecular weight excluding hydrogens is 206 g/mol. The predicted molar refractivity (Wildman–Crippen MR) is 59.2 cm³/mol. The lowest BCUT2D eigenvalue weighted by Crippen LogP contribution is -1.83. The maximum Gasteiger partial charge on any atom is 0.226 e. The molecule has 0 spiro atoms. The summed E-state index contributed by atoms with van der Waals surface area (Å²) >= 11 is 0. The molecule has 0 N–H and O–H groups in total. The Labute approximate surface area is 93.8 Å². The average molecular weight is 219 g/mol. The molecule has 0 saturated carbocycles. The molecule has 0 amide bonds. The second kappa shape index (κ2) is 4.81. The highest BCUT2D eigenvalue weighted by molar-refractivity contribution is 5.54. The molecule has 1 aromatic heterocycles. The summed E-state index contributed by atoms with van der Waals surface area (Å²) in [5.74, 6) is 2.12. The van der Waals surface area contributed by atoms with Crippen molar-refractivity contribution >= 4 is 0 Å². The fourth-order valence-corrected chi connectivity index (χ4v) is 1.38. The second-order valence-electron chi connectivity index (χ2n) is 3.29. The summed E-state index contributed by atoms with van der Waals surface area (Å²) in [5, 5.41) is 0. The van der Waals surface area contributed by atoms with Crippen LogP contribution in [-0.2, 0) is 11.3 Å². The van der Waals surface area contributed by atoms with E-state index in [1.165, 1.54) is 0 Å². The largest absolute Gasteiger partial charge is 0.497 e. The fraction of sp³-hybridized carbons (Fsp3) is 0.250. The molecule has 2 aromatic rings. The third-order valence-corrected chi connectivity index (χ3v) is 2.18. The highest BCUT2D eigenvalue weighted by Gasteiger charge is 2.06. The van der Waals surface area contributed by atoms with E-state index >= 15 is 0 Å². The number of methoxy groups -OCH3 is 2. The van der Waals surface area contributed by atoms with E-state index in [9.17, 15) is 0 Å². The first-order valence-electron chi connectivity index (χ1n) is 4.91. The summed E-state index contributed by atoms with van der Waals surface area (Å²) in [4.78, 5) is 4.17. The van der Waals surface area contributed by atoms with E-state index in [0.717, 1.165) is 11.3 Å². The summed E-state index contributed by atoms with van der Waals surface area (Å²) in [5.41, 5.74) is 0.920. The number of benzene rings is 1. The standard InChI is InChI=1S/C12H13NO3/c1-14-8-11-7-13-12(16-11)9-3-5-10(15-2)6-4-9/h3-7H,8H2,1-2H3. The Morgan fingerprint density at radius 3 is 2.56 bits per heavy atom. The predicted octanol–water partition coefficient (Wildman–Crippen LogP) is 2.50. The number of nitrogens with zero attached hydrogens (tertiary/aromatic N) is 1. The molecule has 0 aliphatic heterocycles. The highest BCUT2D eigenvalue weighted by atomic mass is 16.5. The maximum absolute atomic E-state index is 5.51. The lowest BCUT2D eigenvalue weighted by Gasteiger charge is -1.99. The van der Waals surface area contributed by atoms with Gasteiger partial charge in [-0.1, -0.05) is 0 Å². The van der Waals surface area contributed by atoms with Crippen LogP contribution < -0.4 is 4.74 Å². The summed E-state index contributed by atoms with van der Waals surface area (Å²) in [6.07, 6.45) is 1.67. The van der Waals surface area contributed by atoms with Crippen molar-refractivity contribution in [3.8, 4) is 17.2 Å². The van der Waals surface area contributed by atoms with E-state index < -0.39 is 0 Å². The van der Waals surface area contributed by atoms with E-state index in [1.807, 2.05) is 24.3 Å². The first-order chi connectivity index (χ1) is 7.83. The van der Waals surface area contributed by atoms with Crippen molar-refractivity contribution in [1.82, 2.24) is 4.98 Å². The van der Waals surface area contributed by atoms with Gasteiger partial charge < -0.3 is 13.9 Å². The van der Waals surface area contributed by atoms with Crippen molar-refractivity contribution in [2.24, 2.45) is 0 Å². The molecule has 0 aliphatic rings. The van der Waals surface area contributed by atoms with Gasteiger partial charge in [0.25, 0.3) is 0 Å². The molecule has 1 aromatic carbocycles. The molecule has 0 saturated heterocycles. The minimum Gasteiger partial charge on any atom is -0.497 e. The van der Waals surface area contributed by atoms with Gasteiger partial charge in [0.1, 0.15) is 12.4 Å². The van der Waals surface area contributed by atoms with Crippen molar-refractivity contribution in [3.05, 3.63) is 36.2 Å². The van der Waals surface area contributed by atoms with Crippen LogP contribution in [0.25, 0.3) is 11.5 Å². The van der Waals surface area contributed by atoms with Gasteiger partial charge in [0, 0.05) is 12.7 Å². The quantitative estimate of drug-likeness (QED) is 0.792. The Morgan fingerprint density at radius 1 is 1.19 bits per heavy atom. The van der Waals surface area contributed by atoms with Gasteiger partial charge in [0.05, 0.1) is 13.3 Å². The van der Waals surface area contributed by atoms with Crippen LogP contribution in [0, 0.1) is 0 Å². The van der Waals surface area contributed by atoms with Gasteiger partial charge >= 0.3 is 0 Å². The number of aromatic nitrogens is 1. The van der Waals surface area contributed by atoms with Gasteiger partial charge in [-0.05, 0) is 24.3 Å². The number of oxazole rings is 1. The zero-order valence-electron chi connectivity index (χ0n) is 9.27. The molecule has 4 heteroatoms. The van der Waals surface area contributed by atoms with Gasteiger partial charge in [0.2, 0.25) is 5.89 Å². The minimum atomic E-state index is 0.434. The van der Waals surface area contributed by atoms with E-state index in [1.54, 1.807) is 20.4 Å². The summed E-state index contributed by atoms with van der Waals surface area (Å²) in [7, 11) is 3.26. The van der Waals surface area contributed by atoms with Crippen LogP contribution in [0.1, 0.15) is 5.76 Å². The molecule has 0 radical (unpaired) electrons. The molecule has 16 heavy (non-hydrogen) atoms. The third-order valence-electron chi connectivity index (χ3n) is 2.18. The van der Waals surface area contributed by atoms with Crippen LogP contribution in [0.3, 0.4) is 0 Å². The Hall–Kier alpha value is -1.81. The zero-order valence-corrected chi connectivity index (χ0v) is 9.27. The second-order valence-corrected chi connectivity index (χ2v) is 3.29. The first-order valence-corrected chi connectivity index (χ1v) is 4.91. The van der Waals surface area contributed by atoms with Crippen LogP contribution in [0.15, 0.2) is 34.9 Å². The normalized spacial score (nSPS) is 10.4. The maximum atomic E-state index is 5.51. The van der Waals surface area contributed by atoms with E-state index in [0.29, 0.717) is 18.3 Å². The average Bonchev–Trinajstić information content (AvgIpc) is 2.78. The van der Waals surface area contributed by atoms with Crippen LogP contribution in [0.2, 0.25) is 0 Å². The zero-order chi connectivity index (χ0) is 11.4. The fourth-order valence-electron chi connectivity index (χ4n) is 1.38. The van der Waals surface area contributed by atoms with Crippen molar-refractivity contribution < 1.29 is 13.9 Å². The molecule has 0 atom stereocenters. The highest BCUT2D eigenvalue weighted by Crippen LogP contribution is 2.22. The monoisotopic (exact) mass is 219 g/mol. The molecule has 0 aliphatic carbocycles. The van der Waals surface area contributed by atoms with Gasteiger partial charge in [-0.15, -0.1) is 0 Å². The molecular formula is C12H13NO3. The SMILES string of the molecule is COCc1cnc(-c2ccc(OC)cc2)o1. The summed E-state index contributed by atoms with van der Waals surface area (Å²) < 4.78 is 15.5. The lowest BCUT2D eigenvalue weighted by atomic mass is 10.2. The summed E-state index contributed by atoms with van der Waals surface area (Å²) in [6, 6.07) is 7.55. The van der Waals surface area contributed by atoms with Crippen molar-refractivity contribution in [2.45, 2.75) is 6.61 Å². The molecule has 2 rings (SSSR count). The molecule has 0 unspecified atom stereocenters. The lowest BCUT2D eigenvalue weighted by molar-refractivity contribution is 0.165. The van der Waals surface area contributed by atoms with Crippen LogP contribution >= 0.6 is 0 Å². The first kappa shape index (κ1) is 10.7.